The van der Waals surface area contributed by atoms with E-state index in [1.54, 1.807) is 7.11 Å². The predicted molar refractivity (Wildman–Crippen MR) is 112 cm³/mol. The minimum absolute atomic E-state index is 0.0760. The van der Waals surface area contributed by atoms with Gasteiger partial charge < -0.3 is 14.8 Å². The van der Waals surface area contributed by atoms with Crippen molar-refractivity contribution in [1.82, 2.24) is 0 Å². The number of methoxy groups -OCH3 is 1. The van der Waals surface area contributed by atoms with Crippen molar-refractivity contribution in [2.75, 3.05) is 25.6 Å². The second kappa shape index (κ2) is 9.85. The number of benzene rings is 2. The summed E-state index contributed by atoms with van der Waals surface area (Å²) in [4.78, 5) is 12.6. The van der Waals surface area contributed by atoms with Crippen LogP contribution in [0, 0.1) is 0 Å². The minimum Gasteiger partial charge on any atom is -0.497 e. The molecule has 0 bridgehead atoms. The Hall–Kier alpha value is -2.18. The fourth-order valence-electron chi connectivity index (χ4n) is 3.25. The van der Waals surface area contributed by atoms with Crippen LogP contribution in [0.4, 0.5) is 5.69 Å². The number of ether oxygens (including phenoxy) is 2. The number of carbonyl (C=O) groups is 1. The highest BCUT2D eigenvalue weighted by molar-refractivity contribution is 7.84. The number of amides is 1. The van der Waals surface area contributed by atoms with Gasteiger partial charge >= 0.3 is 0 Å². The zero-order valence-electron chi connectivity index (χ0n) is 16.4. The Bertz CT molecular complexity index is 816. The van der Waals surface area contributed by atoms with Crippen molar-refractivity contribution in [3.63, 3.8) is 0 Å². The number of hydrogen-bond acceptors (Lipinski definition) is 4. The van der Waals surface area contributed by atoms with Crippen molar-refractivity contribution in [3.8, 4) is 5.75 Å². The van der Waals surface area contributed by atoms with Crippen molar-refractivity contribution >= 4 is 22.4 Å². The second-order valence-corrected chi connectivity index (χ2v) is 8.74. The Morgan fingerprint density at radius 1 is 1.21 bits per heavy atom. The van der Waals surface area contributed by atoms with Gasteiger partial charge in [0, 0.05) is 40.7 Å². The topological polar surface area (TPSA) is 64.6 Å². The SMILES string of the molecule is COc1ccc(C(C)C(=O)Nc2cccc(CS(=O)C3CCOCC3)c2)cc1. The van der Waals surface area contributed by atoms with Gasteiger partial charge in [-0.3, -0.25) is 9.00 Å². The molecule has 28 heavy (non-hydrogen) atoms. The van der Waals surface area contributed by atoms with E-state index >= 15 is 0 Å². The van der Waals surface area contributed by atoms with Crippen molar-refractivity contribution in [3.05, 3.63) is 59.7 Å². The molecule has 0 aromatic heterocycles. The highest BCUT2D eigenvalue weighted by Crippen LogP contribution is 2.22. The second-order valence-electron chi connectivity index (χ2n) is 7.02. The van der Waals surface area contributed by atoms with Crippen LogP contribution in [0.25, 0.3) is 0 Å². The average Bonchev–Trinajstić information content (AvgIpc) is 2.74. The number of anilines is 1. The van der Waals surface area contributed by atoms with Gasteiger partial charge in [0.15, 0.2) is 0 Å². The summed E-state index contributed by atoms with van der Waals surface area (Å²) in [6.07, 6.45) is 1.70. The van der Waals surface area contributed by atoms with E-state index < -0.39 is 10.8 Å². The highest BCUT2D eigenvalue weighted by atomic mass is 32.2. The van der Waals surface area contributed by atoms with Crippen LogP contribution in [-0.2, 0) is 26.1 Å². The summed E-state index contributed by atoms with van der Waals surface area (Å²) in [6.45, 7) is 3.26. The molecule has 5 nitrogen and oxygen atoms in total. The van der Waals surface area contributed by atoms with Crippen LogP contribution in [0.1, 0.15) is 36.8 Å². The Balaban J connectivity index is 1.61. The monoisotopic (exact) mass is 401 g/mol. The van der Waals surface area contributed by atoms with E-state index in [2.05, 4.69) is 5.32 Å². The van der Waals surface area contributed by atoms with E-state index in [1.807, 2.05) is 55.5 Å². The third-order valence-corrected chi connectivity index (χ3v) is 6.89. The number of hydrogen-bond donors (Lipinski definition) is 1. The van der Waals surface area contributed by atoms with Gasteiger partial charge in [-0.25, -0.2) is 0 Å². The maximum absolute atomic E-state index is 12.6. The lowest BCUT2D eigenvalue weighted by molar-refractivity contribution is -0.117. The highest BCUT2D eigenvalue weighted by Gasteiger charge is 2.21. The summed E-state index contributed by atoms with van der Waals surface area (Å²) in [6, 6.07) is 15.1. The minimum atomic E-state index is -0.925. The Kier molecular flexibility index (Phi) is 7.23. The van der Waals surface area contributed by atoms with E-state index in [4.69, 9.17) is 9.47 Å². The van der Waals surface area contributed by atoms with Gasteiger partial charge in [-0.15, -0.1) is 0 Å². The molecule has 1 aliphatic rings. The summed E-state index contributed by atoms with van der Waals surface area (Å²) in [5.74, 6) is 0.906. The largest absolute Gasteiger partial charge is 0.497 e. The molecule has 2 aromatic carbocycles. The van der Waals surface area contributed by atoms with Gasteiger partial charge in [-0.1, -0.05) is 24.3 Å². The molecule has 2 unspecified atom stereocenters. The Morgan fingerprint density at radius 2 is 1.93 bits per heavy atom. The molecule has 0 saturated carbocycles. The summed E-state index contributed by atoms with van der Waals surface area (Å²) in [5.41, 5.74) is 2.63. The molecule has 3 rings (SSSR count). The molecule has 150 valence electrons. The standard InChI is InChI=1S/C22H27NO4S/c1-16(18-6-8-20(26-2)9-7-18)22(24)23-19-5-3-4-17(14-19)15-28(25)21-10-12-27-13-11-21/h3-9,14,16,21H,10-13,15H2,1-2H3,(H,23,24). The fourth-order valence-corrected chi connectivity index (χ4v) is 4.72. The molecule has 0 aliphatic carbocycles. The number of nitrogens with one attached hydrogen (secondary N) is 1. The van der Waals surface area contributed by atoms with Gasteiger partial charge in [0.05, 0.1) is 13.0 Å². The maximum atomic E-state index is 12.6. The first-order valence-corrected chi connectivity index (χ1v) is 10.9. The number of rotatable bonds is 7. The Labute approximate surface area is 168 Å². The van der Waals surface area contributed by atoms with E-state index in [0.717, 1.165) is 35.4 Å². The summed E-state index contributed by atoms with van der Waals surface area (Å²) in [7, 11) is 0.694. The molecule has 2 aromatic rings. The Morgan fingerprint density at radius 3 is 2.61 bits per heavy atom. The van der Waals surface area contributed by atoms with Crippen LogP contribution in [0.5, 0.6) is 5.75 Å². The molecular weight excluding hydrogens is 374 g/mol. The molecule has 1 saturated heterocycles. The van der Waals surface area contributed by atoms with E-state index in [-0.39, 0.29) is 17.1 Å². The smallest absolute Gasteiger partial charge is 0.231 e. The van der Waals surface area contributed by atoms with Gasteiger partial charge in [0.2, 0.25) is 5.91 Å². The molecule has 1 fully saturated rings. The van der Waals surface area contributed by atoms with Gasteiger partial charge in [-0.05, 0) is 55.2 Å². The van der Waals surface area contributed by atoms with Crippen LogP contribution in [-0.4, -0.2) is 35.7 Å². The maximum Gasteiger partial charge on any atom is 0.231 e. The molecular formula is C22H27NO4S. The van der Waals surface area contributed by atoms with Crippen molar-refractivity contribution in [2.45, 2.75) is 36.7 Å². The third-order valence-electron chi connectivity index (χ3n) is 5.05. The first-order chi connectivity index (χ1) is 13.6. The molecule has 1 N–H and O–H groups in total. The molecule has 0 radical (unpaired) electrons. The van der Waals surface area contributed by atoms with Crippen molar-refractivity contribution < 1.29 is 18.5 Å². The van der Waals surface area contributed by atoms with Crippen LogP contribution in [0.15, 0.2) is 48.5 Å². The lowest BCUT2D eigenvalue weighted by atomic mass is 10.00. The normalized spacial score (nSPS) is 16.9. The first-order valence-electron chi connectivity index (χ1n) is 9.55. The molecule has 1 amide bonds. The molecule has 0 spiro atoms. The van der Waals surface area contributed by atoms with Crippen molar-refractivity contribution in [2.24, 2.45) is 0 Å². The van der Waals surface area contributed by atoms with Gasteiger partial charge in [-0.2, -0.15) is 0 Å². The lowest BCUT2D eigenvalue weighted by Gasteiger charge is -2.21. The summed E-state index contributed by atoms with van der Waals surface area (Å²) in [5, 5.41) is 3.17. The zero-order valence-corrected chi connectivity index (χ0v) is 17.2. The van der Waals surface area contributed by atoms with E-state index in [9.17, 15) is 9.00 Å². The molecule has 1 heterocycles. The quantitative estimate of drug-likeness (QED) is 0.765. The molecule has 2 atom stereocenters. The molecule has 6 heteroatoms. The number of carbonyl (C=O) groups excluding carboxylic acids is 1. The van der Waals surface area contributed by atoms with Gasteiger partial charge in [0.25, 0.3) is 0 Å². The fraction of sp³-hybridized carbons (Fsp3) is 0.409. The van der Waals surface area contributed by atoms with Crippen LogP contribution < -0.4 is 10.1 Å². The van der Waals surface area contributed by atoms with E-state index in [0.29, 0.717) is 19.0 Å². The lowest BCUT2D eigenvalue weighted by Crippen LogP contribution is -2.25. The first kappa shape index (κ1) is 20.6. The zero-order chi connectivity index (χ0) is 19.9. The van der Waals surface area contributed by atoms with Crippen LogP contribution in [0.2, 0.25) is 0 Å². The van der Waals surface area contributed by atoms with Crippen LogP contribution >= 0.6 is 0 Å². The molecule has 1 aliphatic heterocycles. The van der Waals surface area contributed by atoms with Crippen molar-refractivity contribution in [1.29, 1.82) is 0 Å². The summed E-state index contributed by atoms with van der Waals surface area (Å²) < 4.78 is 23.1. The van der Waals surface area contributed by atoms with E-state index in [1.165, 1.54) is 0 Å². The average molecular weight is 402 g/mol. The summed E-state index contributed by atoms with van der Waals surface area (Å²) >= 11 is 0. The van der Waals surface area contributed by atoms with Gasteiger partial charge in [0.1, 0.15) is 5.75 Å². The van der Waals surface area contributed by atoms with Crippen LogP contribution in [0.3, 0.4) is 0 Å². The third kappa shape index (κ3) is 5.42. The predicted octanol–water partition coefficient (Wildman–Crippen LogP) is 3.87.